The van der Waals surface area contributed by atoms with Crippen molar-refractivity contribution in [1.29, 1.82) is 0 Å². The van der Waals surface area contributed by atoms with Crippen molar-refractivity contribution in [2.75, 3.05) is 0 Å². The number of hydrogen-bond acceptors (Lipinski definition) is 1. The van der Waals surface area contributed by atoms with E-state index in [1.165, 1.54) is 0 Å². The molecular weight excluding hydrogens is 145 g/mol. The Hall–Kier alpha value is -0.930. The molecule has 0 aliphatic heterocycles. The molecule has 0 saturated heterocycles. The van der Waals surface area contributed by atoms with E-state index in [1.54, 1.807) is 0 Å². The van der Waals surface area contributed by atoms with Crippen molar-refractivity contribution in [3.05, 3.63) is 23.5 Å². The second-order valence-electron chi connectivity index (χ2n) is 1.95. The van der Waals surface area contributed by atoms with E-state index in [2.05, 4.69) is 0 Å². The van der Waals surface area contributed by atoms with Crippen molar-refractivity contribution in [1.82, 2.24) is 0 Å². The fourth-order valence-corrected chi connectivity index (χ4v) is 0.668. The lowest BCUT2D eigenvalue weighted by Crippen LogP contribution is -2.07. The maximum Gasteiger partial charge on any atom is 0.198 e. The second kappa shape index (κ2) is 2.36. The highest BCUT2D eigenvalue weighted by Gasteiger charge is 2.24. The molecule has 4 heteroatoms. The predicted octanol–water partition coefficient (Wildman–Crippen LogP) is 2.32. The SMILES string of the molecule is OC1=CCC(F)C(F)=C1F. The lowest BCUT2D eigenvalue weighted by Gasteiger charge is -2.09. The van der Waals surface area contributed by atoms with Crippen LogP contribution in [0.4, 0.5) is 13.2 Å². The first-order valence-electron chi connectivity index (χ1n) is 2.71. The second-order valence-corrected chi connectivity index (χ2v) is 1.95. The zero-order valence-corrected chi connectivity index (χ0v) is 4.94. The van der Waals surface area contributed by atoms with Crippen molar-refractivity contribution in [2.45, 2.75) is 12.6 Å². The fourth-order valence-electron chi connectivity index (χ4n) is 0.668. The number of allylic oxidation sites excluding steroid dienone is 3. The molecule has 10 heavy (non-hydrogen) atoms. The summed E-state index contributed by atoms with van der Waals surface area (Å²) in [5, 5.41) is 8.49. The highest BCUT2D eigenvalue weighted by molar-refractivity contribution is 5.27. The highest BCUT2D eigenvalue weighted by Crippen LogP contribution is 2.27. The van der Waals surface area contributed by atoms with Crippen LogP contribution in [0, 0.1) is 0 Å². The van der Waals surface area contributed by atoms with Crippen molar-refractivity contribution in [3.8, 4) is 0 Å². The lowest BCUT2D eigenvalue weighted by molar-refractivity contribution is 0.283. The minimum Gasteiger partial charge on any atom is -0.505 e. The average molecular weight is 150 g/mol. The molecule has 1 rings (SSSR count). The van der Waals surface area contributed by atoms with Crippen molar-refractivity contribution >= 4 is 0 Å². The van der Waals surface area contributed by atoms with Crippen LogP contribution in [0.1, 0.15) is 6.42 Å². The normalized spacial score (nSPS) is 26.7. The van der Waals surface area contributed by atoms with Crippen molar-refractivity contribution < 1.29 is 18.3 Å². The number of hydrogen-bond donors (Lipinski definition) is 1. The van der Waals surface area contributed by atoms with Gasteiger partial charge < -0.3 is 5.11 Å². The van der Waals surface area contributed by atoms with Crippen LogP contribution < -0.4 is 0 Å². The Morgan fingerprint density at radius 3 is 2.60 bits per heavy atom. The molecule has 0 aromatic heterocycles. The van der Waals surface area contributed by atoms with Gasteiger partial charge in [-0.05, 0) is 6.08 Å². The Morgan fingerprint density at radius 2 is 2.10 bits per heavy atom. The Morgan fingerprint density at radius 1 is 1.50 bits per heavy atom. The number of halogens is 3. The number of aliphatic hydroxyl groups is 1. The van der Waals surface area contributed by atoms with Crippen molar-refractivity contribution in [2.24, 2.45) is 0 Å². The van der Waals surface area contributed by atoms with Gasteiger partial charge in [0.05, 0.1) is 0 Å². The maximum atomic E-state index is 12.2. The van der Waals surface area contributed by atoms with E-state index in [0.717, 1.165) is 6.08 Å². The Labute approximate surface area is 55.5 Å². The number of aliphatic hydroxyl groups excluding tert-OH is 1. The molecule has 0 aromatic carbocycles. The predicted molar refractivity (Wildman–Crippen MR) is 29.5 cm³/mol. The molecule has 0 amide bonds. The van der Waals surface area contributed by atoms with Gasteiger partial charge in [-0.1, -0.05) is 0 Å². The minimum atomic E-state index is -1.93. The van der Waals surface area contributed by atoms with Crippen LogP contribution >= 0.6 is 0 Å². The molecule has 0 aromatic rings. The van der Waals surface area contributed by atoms with Gasteiger partial charge in [0.2, 0.25) is 0 Å². The maximum absolute atomic E-state index is 12.2. The first kappa shape index (κ1) is 7.18. The number of alkyl halides is 1. The van der Waals surface area contributed by atoms with Gasteiger partial charge >= 0.3 is 0 Å². The van der Waals surface area contributed by atoms with Crippen LogP contribution in [0.5, 0.6) is 0 Å². The molecule has 0 saturated carbocycles. The van der Waals surface area contributed by atoms with Gasteiger partial charge in [0.1, 0.15) is 5.76 Å². The summed E-state index contributed by atoms with van der Waals surface area (Å²) in [6.07, 6.45) is -1.33. The Bertz CT molecular complexity index is 207. The van der Waals surface area contributed by atoms with Gasteiger partial charge in [-0.25, -0.2) is 8.78 Å². The molecule has 56 valence electrons. The summed E-state index contributed by atoms with van der Waals surface area (Å²) in [6, 6.07) is 0. The van der Waals surface area contributed by atoms with Gasteiger partial charge in [-0.15, -0.1) is 0 Å². The fraction of sp³-hybridized carbons (Fsp3) is 0.333. The van der Waals surface area contributed by atoms with Gasteiger partial charge in [-0.2, -0.15) is 4.39 Å². The zero-order valence-electron chi connectivity index (χ0n) is 4.94. The summed E-state index contributed by atoms with van der Waals surface area (Å²) in [4.78, 5) is 0. The van der Waals surface area contributed by atoms with E-state index in [1.807, 2.05) is 0 Å². The summed E-state index contributed by atoms with van der Waals surface area (Å²) in [5.74, 6) is -3.81. The van der Waals surface area contributed by atoms with E-state index >= 15 is 0 Å². The molecule has 1 unspecified atom stereocenters. The molecule has 0 heterocycles. The third-order valence-electron chi connectivity index (χ3n) is 1.23. The summed E-state index contributed by atoms with van der Waals surface area (Å²) in [7, 11) is 0. The first-order valence-corrected chi connectivity index (χ1v) is 2.71. The molecule has 1 N–H and O–H groups in total. The molecular formula is C6H5F3O. The van der Waals surface area contributed by atoms with Gasteiger partial charge in [0.15, 0.2) is 17.8 Å². The van der Waals surface area contributed by atoms with Crippen molar-refractivity contribution in [3.63, 3.8) is 0 Å². The molecule has 1 aliphatic rings. The van der Waals surface area contributed by atoms with Gasteiger partial charge in [0.25, 0.3) is 0 Å². The number of rotatable bonds is 0. The lowest BCUT2D eigenvalue weighted by atomic mass is 10.1. The van der Waals surface area contributed by atoms with Crippen LogP contribution in [0.25, 0.3) is 0 Å². The van der Waals surface area contributed by atoms with Crippen LogP contribution in [0.2, 0.25) is 0 Å². The monoisotopic (exact) mass is 150 g/mol. The van der Waals surface area contributed by atoms with E-state index in [-0.39, 0.29) is 6.42 Å². The topological polar surface area (TPSA) is 20.2 Å². The summed E-state index contributed by atoms with van der Waals surface area (Å²) >= 11 is 0. The summed E-state index contributed by atoms with van der Waals surface area (Å²) in [5.41, 5.74) is 0. The quantitative estimate of drug-likeness (QED) is 0.561. The van der Waals surface area contributed by atoms with E-state index in [4.69, 9.17) is 5.11 Å². The largest absolute Gasteiger partial charge is 0.505 e. The molecule has 1 aliphatic carbocycles. The molecule has 0 bridgehead atoms. The van der Waals surface area contributed by atoms with Gasteiger partial charge in [0, 0.05) is 6.42 Å². The van der Waals surface area contributed by atoms with Crippen LogP contribution in [-0.2, 0) is 0 Å². The molecule has 1 nitrogen and oxygen atoms in total. The van der Waals surface area contributed by atoms with Gasteiger partial charge in [-0.3, -0.25) is 0 Å². The molecule has 0 spiro atoms. The molecule has 0 radical (unpaired) electrons. The third kappa shape index (κ3) is 1.01. The van der Waals surface area contributed by atoms with E-state index in [9.17, 15) is 13.2 Å². The van der Waals surface area contributed by atoms with Crippen LogP contribution in [0.3, 0.4) is 0 Å². The minimum absolute atomic E-state index is 0.301. The molecule has 0 fully saturated rings. The summed E-state index contributed by atoms with van der Waals surface area (Å²) < 4.78 is 36.5. The third-order valence-corrected chi connectivity index (χ3v) is 1.23. The highest BCUT2D eigenvalue weighted by atomic mass is 19.2. The molecule has 1 atom stereocenters. The Balaban J connectivity index is 2.94. The summed E-state index contributed by atoms with van der Waals surface area (Å²) in [6.45, 7) is 0. The van der Waals surface area contributed by atoms with Crippen LogP contribution in [-0.4, -0.2) is 11.3 Å². The smallest absolute Gasteiger partial charge is 0.198 e. The standard InChI is InChI=1S/C6H5F3O/c7-3-1-2-4(10)6(9)5(3)8/h2-3,10H,1H2. The zero-order chi connectivity index (χ0) is 7.72. The van der Waals surface area contributed by atoms with Crippen LogP contribution in [0.15, 0.2) is 23.5 Å². The Kier molecular flexibility index (Phi) is 1.70. The van der Waals surface area contributed by atoms with E-state index in [0.29, 0.717) is 0 Å². The average Bonchev–Trinajstić information content (AvgIpc) is 1.93. The first-order chi connectivity index (χ1) is 4.63. The van der Waals surface area contributed by atoms with E-state index < -0.39 is 23.6 Å².